The van der Waals surface area contributed by atoms with Crippen LogP contribution in [-0.4, -0.2) is 30.1 Å². The lowest BCUT2D eigenvalue weighted by Gasteiger charge is -2.09. The quantitative estimate of drug-likeness (QED) is 0.366. The summed E-state index contributed by atoms with van der Waals surface area (Å²) in [6.45, 7) is 2.17. The van der Waals surface area contributed by atoms with Crippen molar-refractivity contribution >= 4 is 11.9 Å². The average molecular weight is 240 g/mol. The van der Waals surface area contributed by atoms with Gasteiger partial charge in [-0.1, -0.05) is 5.16 Å². The van der Waals surface area contributed by atoms with Crippen molar-refractivity contribution in [2.75, 3.05) is 13.7 Å². The molecule has 1 rings (SSSR count). The molecule has 0 spiro atoms. The van der Waals surface area contributed by atoms with E-state index in [1.165, 1.54) is 19.2 Å². The molecule has 1 N–H and O–H groups in total. The van der Waals surface area contributed by atoms with Crippen LogP contribution in [0.1, 0.15) is 12.5 Å². The van der Waals surface area contributed by atoms with Crippen molar-refractivity contribution in [3.63, 3.8) is 0 Å². The summed E-state index contributed by atoms with van der Waals surface area (Å²) in [5, 5.41) is 22.0. The Morgan fingerprint density at radius 2 is 2.24 bits per heavy atom. The third-order valence-electron chi connectivity index (χ3n) is 2.01. The van der Waals surface area contributed by atoms with Crippen molar-refractivity contribution in [3.05, 3.63) is 27.8 Å². The number of benzene rings is 1. The van der Waals surface area contributed by atoms with E-state index in [-0.39, 0.29) is 17.0 Å². The Balaban J connectivity index is 3.36. The van der Waals surface area contributed by atoms with Crippen LogP contribution in [0.4, 0.5) is 5.69 Å². The zero-order valence-corrected chi connectivity index (χ0v) is 9.41. The first-order valence-corrected chi connectivity index (χ1v) is 4.80. The van der Waals surface area contributed by atoms with E-state index in [0.29, 0.717) is 12.4 Å². The number of methoxy groups -OCH3 is 1. The van der Waals surface area contributed by atoms with Crippen molar-refractivity contribution in [2.24, 2.45) is 5.16 Å². The predicted octanol–water partition coefficient (Wildman–Crippen LogP) is 1.81. The molecule has 0 unspecified atom stereocenters. The van der Waals surface area contributed by atoms with E-state index in [1.54, 1.807) is 6.92 Å². The van der Waals surface area contributed by atoms with Gasteiger partial charge in [-0.25, -0.2) is 0 Å². The molecule has 17 heavy (non-hydrogen) atoms. The topological polar surface area (TPSA) is 94.2 Å². The Kier molecular flexibility index (Phi) is 4.27. The third kappa shape index (κ3) is 2.83. The third-order valence-corrected chi connectivity index (χ3v) is 2.01. The normalized spacial score (nSPS) is 10.5. The fourth-order valence-corrected chi connectivity index (χ4v) is 1.32. The summed E-state index contributed by atoms with van der Waals surface area (Å²) in [6, 6.07) is 2.61. The van der Waals surface area contributed by atoms with Crippen molar-refractivity contribution in [2.45, 2.75) is 6.92 Å². The van der Waals surface area contributed by atoms with Crippen LogP contribution in [0.3, 0.4) is 0 Å². The number of hydrogen-bond acceptors (Lipinski definition) is 6. The van der Waals surface area contributed by atoms with Gasteiger partial charge in [0.1, 0.15) is 0 Å². The van der Waals surface area contributed by atoms with Crippen LogP contribution in [0.5, 0.6) is 11.5 Å². The molecule has 7 nitrogen and oxygen atoms in total. The molecule has 0 aliphatic rings. The van der Waals surface area contributed by atoms with E-state index < -0.39 is 4.92 Å². The second-order valence-electron chi connectivity index (χ2n) is 3.00. The molecule has 0 aliphatic carbocycles. The van der Waals surface area contributed by atoms with Gasteiger partial charge in [-0.2, -0.15) is 0 Å². The molecule has 0 saturated carbocycles. The Hall–Kier alpha value is -2.31. The van der Waals surface area contributed by atoms with Crippen molar-refractivity contribution in [1.82, 2.24) is 0 Å². The molecule has 0 radical (unpaired) electrons. The summed E-state index contributed by atoms with van der Waals surface area (Å²) in [4.78, 5) is 10.2. The highest BCUT2D eigenvalue weighted by molar-refractivity contribution is 5.86. The summed E-state index contributed by atoms with van der Waals surface area (Å²) >= 11 is 0. The van der Waals surface area contributed by atoms with Crippen molar-refractivity contribution in [1.29, 1.82) is 0 Å². The van der Waals surface area contributed by atoms with E-state index in [0.717, 1.165) is 6.21 Å². The highest BCUT2D eigenvalue weighted by atomic mass is 16.6. The van der Waals surface area contributed by atoms with Crippen LogP contribution in [0.2, 0.25) is 0 Å². The zero-order chi connectivity index (χ0) is 12.8. The SMILES string of the molecule is CCOc1cc(/C=N\O)c([N+](=O)[O-])cc1OC. The molecule has 0 aromatic heterocycles. The van der Waals surface area contributed by atoms with E-state index in [4.69, 9.17) is 14.7 Å². The van der Waals surface area contributed by atoms with Crippen LogP contribution in [0.25, 0.3) is 0 Å². The maximum absolute atomic E-state index is 10.8. The van der Waals surface area contributed by atoms with Crippen LogP contribution < -0.4 is 9.47 Å². The van der Waals surface area contributed by atoms with Gasteiger partial charge < -0.3 is 14.7 Å². The number of ether oxygens (including phenoxy) is 2. The maximum atomic E-state index is 10.8. The lowest BCUT2D eigenvalue weighted by atomic mass is 10.1. The maximum Gasteiger partial charge on any atom is 0.282 e. The molecule has 0 bridgehead atoms. The second kappa shape index (κ2) is 5.69. The Morgan fingerprint density at radius 1 is 1.53 bits per heavy atom. The highest BCUT2D eigenvalue weighted by Crippen LogP contribution is 2.33. The molecule has 92 valence electrons. The molecule has 0 aliphatic heterocycles. The Bertz CT molecular complexity index is 445. The summed E-state index contributed by atoms with van der Waals surface area (Å²) < 4.78 is 10.2. The van der Waals surface area contributed by atoms with Crippen LogP contribution in [0, 0.1) is 10.1 Å². The Labute approximate surface area is 97.4 Å². The van der Waals surface area contributed by atoms with Gasteiger partial charge in [0.25, 0.3) is 5.69 Å². The zero-order valence-electron chi connectivity index (χ0n) is 9.41. The molecule has 7 heteroatoms. The van der Waals surface area contributed by atoms with Gasteiger partial charge in [-0.05, 0) is 13.0 Å². The average Bonchev–Trinajstić information content (AvgIpc) is 2.30. The lowest BCUT2D eigenvalue weighted by molar-refractivity contribution is -0.385. The number of hydrogen-bond donors (Lipinski definition) is 1. The number of nitrogens with zero attached hydrogens (tertiary/aromatic N) is 2. The smallest absolute Gasteiger partial charge is 0.282 e. The molecular formula is C10H12N2O5. The minimum absolute atomic E-state index is 0.141. The number of oxime groups is 1. The lowest BCUT2D eigenvalue weighted by Crippen LogP contribution is -2.00. The van der Waals surface area contributed by atoms with Crippen molar-refractivity contribution in [3.8, 4) is 11.5 Å². The van der Waals surface area contributed by atoms with E-state index in [9.17, 15) is 10.1 Å². The first-order chi connectivity index (χ1) is 8.13. The monoisotopic (exact) mass is 240 g/mol. The van der Waals surface area contributed by atoms with Gasteiger partial charge in [-0.15, -0.1) is 0 Å². The molecule has 0 fully saturated rings. The van der Waals surface area contributed by atoms with E-state index in [2.05, 4.69) is 5.16 Å². The molecule has 1 aromatic rings. The van der Waals surface area contributed by atoms with Gasteiger partial charge >= 0.3 is 0 Å². The van der Waals surface area contributed by atoms with Gasteiger partial charge in [0, 0.05) is 0 Å². The molecule has 1 aromatic carbocycles. The molecule has 0 atom stereocenters. The van der Waals surface area contributed by atoms with Gasteiger partial charge in [0.15, 0.2) is 11.5 Å². The van der Waals surface area contributed by atoms with E-state index in [1.807, 2.05) is 0 Å². The van der Waals surface area contributed by atoms with Crippen LogP contribution in [0.15, 0.2) is 17.3 Å². The van der Waals surface area contributed by atoms with Gasteiger partial charge in [0.2, 0.25) is 0 Å². The minimum Gasteiger partial charge on any atom is -0.493 e. The fraction of sp³-hybridized carbons (Fsp3) is 0.300. The number of rotatable bonds is 5. The standard InChI is InChI=1S/C10H12N2O5/c1-3-17-10-4-7(6-11-13)8(12(14)15)5-9(10)16-2/h4-6,13H,3H2,1-2H3/b11-6-. The fourth-order valence-electron chi connectivity index (χ4n) is 1.32. The predicted molar refractivity (Wildman–Crippen MR) is 60.2 cm³/mol. The van der Waals surface area contributed by atoms with Crippen LogP contribution >= 0.6 is 0 Å². The molecule has 0 heterocycles. The first kappa shape index (κ1) is 12.8. The largest absolute Gasteiger partial charge is 0.493 e. The Morgan fingerprint density at radius 3 is 2.71 bits per heavy atom. The summed E-state index contributed by atoms with van der Waals surface area (Å²) in [6.07, 6.45) is 0.972. The van der Waals surface area contributed by atoms with Crippen LogP contribution in [-0.2, 0) is 0 Å². The molecule has 0 saturated heterocycles. The molecule has 0 amide bonds. The first-order valence-electron chi connectivity index (χ1n) is 4.80. The summed E-state index contributed by atoms with van der Waals surface area (Å²) in [7, 11) is 1.39. The second-order valence-corrected chi connectivity index (χ2v) is 3.00. The van der Waals surface area contributed by atoms with Gasteiger partial charge in [0.05, 0.1) is 36.5 Å². The molecular weight excluding hydrogens is 228 g/mol. The summed E-state index contributed by atoms with van der Waals surface area (Å²) in [5.74, 6) is 0.615. The summed E-state index contributed by atoms with van der Waals surface area (Å²) in [5.41, 5.74) is -0.0788. The highest BCUT2D eigenvalue weighted by Gasteiger charge is 2.18. The number of nitro groups is 1. The minimum atomic E-state index is -0.588. The van der Waals surface area contributed by atoms with E-state index >= 15 is 0 Å². The van der Waals surface area contributed by atoms with Crippen molar-refractivity contribution < 1.29 is 19.6 Å². The number of nitro benzene ring substituents is 1. The van der Waals surface area contributed by atoms with Gasteiger partial charge in [-0.3, -0.25) is 10.1 Å².